The Morgan fingerprint density at radius 2 is 2.11 bits per heavy atom. The van der Waals surface area contributed by atoms with E-state index in [4.69, 9.17) is 5.73 Å². The fourth-order valence-electron chi connectivity index (χ4n) is 2.59. The molecule has 1 aromatic carbocycles. The van der Waals surface area contributed by atoms with E-state index in [1.54, 1.807) is 4.90 Å². The lowest BCUT2D eigenvalue weighted by Gasteiger charge is -2.29. The first-order valence-corrected chi connectivity index (χ1v) is 6.22. The second-order valence-corrected chi connectivity index (χ2v) is 5.28. The highest BCUT2D eigenvalue weighted by Gasteiger charge is 2.33. The Labute approximate surface area is 111 Å². The molecule has 2 unspecified atom stereocenters. The van der Waals surface area contributed by atoms with Gasteiger partial charge < -0.3 is 20.6 Å². The molecule has 6 heteroatoms. The van der Waals surface area contributed by atoms with E-state index >= 15 is 0 Å². The summed E-state index contributed by atoms with van der Waals surface area (Å²) in [6.45, 7) is 1.03. The summed E-state index contributed by atoms with van der Waals surface area (Å²) in [4.78, 5) is 3.76. The number of benzene rings is 1. The smallest absolute Gasteiger partial charge is 0.151 e. The number of hydrogen-bond donors (Lipinski definition) is 2. The number of likely N-dealkylation sites (N-methyl/N-ethyl adjacent to an activating group) is 1. The van der Waals surface area contributed by atoms with Crippen molar-refractivity contribution < 1.29 is 13.9 Å². The van der Waals surface area contributed by atoms with Crippen LogP contribution in [0.25, 0.3) is 0 Å². The lowest BCUT2D eigenvalue weighted by Crippen LogP contribution is -2.38. The molecule has 1 aliphatic heterocycles. The van der Waals surface area contributed by atoms with Crippen LogP contribution < -0.4 is 10.6 Å². The van der Waals surface area contributed by atoms with Gasteiger partial charge in [0.2, 0.25) is 0 Å². The van der Waals surface area contributed by atoms with Crippen LogP contribution in [0, 0.1) is 11.6 Å². The number of nitrogens with zero attached hydrogens (tertiary/aromatic N) is 2. The minimum absolute atomic E-state index is 0.00602. The molecule has 19 heavy (non-hydrogen) atoms. The zero-order valence-electron chi connectivity index (χ0n) is 11.1. The van der Waals surface area contributed by atoms with Crippen molar-refractivity contribution in [3.05, 3.63) is 23.8 Å². The molecule has 106 valence electrons. The van der Waals surface area contributed by atoms with Crippen LogP contribution in [0.15, 0.2) is 12.1 Å². The third kappa shape index (κ3) is 2.96. The predicted octanol–water partition coefficient (Wildman–Crippen LogP) is 1.05. The molecule has 1 heterocycles. The average Bonchev–Trinajstić information content (AvgIpc) is 2.63. The van der Waals surface area contributed by atoms with Gasteiger partial charge in [-0.05, 0) is 26.6 Å². The van der Waals surface area contributed by atoms with Crippen LogP contribution in [-0.2, 0) is 0 Å². The molecular weight excluding hydrogens is 252 g/mol. The molecule has 0 radical (unpaired) electrons. The molecule has 3 N–H and O–H groups in total. The van der Waals surface area contributed by atoms with E-state index in [9.17, 15) is 13.9 Å². The van der Waals surface area contributed by atoms with Crippen LogP contribution in [0.5, 0.6) is 0 Å². The maximum atomic E-state index is 13.5. The van der Waals surface area contributed by atoms with Gasteiger partial charge in [-0.1, -0.05) is 0 Å². The summed E-state index contributed by atoms with van der Waals surface area (Å²) in [5.74, 6) is -1.42. The van der Waals surface area contributed by atoms with Gasteiger partial charge in [0, 0.05) is 25.2 Å². The first kappa shape index (κ1) is 14.0. The lowest BCUT2D eigenvalue weighted by molar-refractivity contribution is 0.191. The van der Waals surface area contributed by atoms with Crippen LogP contribution in [0.4, 0.5) is 20.2 Å². The second kappa shape index (κ2) is 5.30. The Hall–Kier alpha value is -1.40. The molecule has 0 amide bonds. The van der Waals surface area contributed by atoms with E-state index in [-0.39, 0.29) is 11.7 Å². The summed E-state index contributed by atoms with van der Waals surface area (Å²) in [6, 6.07) is 1.99. The number of rotatable bonds is 3. The molecule has 0 aromatic heterocycles. The molecule has 0 aliphatic carbocycles. The molecule has 0 bridgehead atoms. The molecule has 2 atom stereocenters. The van der Waals surface area contributed by atoms with Crippen molar-refractivity contribution in [3.8, 4) is 0 Å². The van der Waals surface area contributed by atoms with E-state index in [0.717, 1.165) is 6.07 Å². The molecule has 1 fully saturated rings. The maximum absolute atomic E-state index is 13.5. The number of nitrogens with two attached hydrogens (primary N) is 1. The van der Waals surface area contributed by atoms with Gasteiger partial charge in [0.25, 0.3) is 0 Å². The van der Waals surface area contributed by atoms with Crippen molar-refractivity contribution in [3.63, 3.8) is 0 Å². The highest BCUT2D eigenvalue weighted by atomic mass is 19.1. The van der Waals surface area contributed by atoms with E-state index in [1.165, 1.54) is 6.07 Å². The van der Waals surface area contributed by atoms with Crippen molar-refractivity contribution >= 4 is 11.4 Å². The molecule has 4 nitrogen and oxygen atoms in total. The normalized spacial score (nSPS) is 23.4. The molecular formula is C13H19F2N3O. The molecule has 2 rings (SSSR count). The topological polar surface area (TPSA) is 52.7 Å². The Kier molecular flexibility index (Phi) is 3.91. The minimum atomic E-state index is -0.764. The van der Waals surface area contributed by atoms with Crippen LogP contribution in [0.3, 0.4) is 0 Å². The van der Waals surface area contributed by atoms with Crippen LogP contribution >= 0.6 is 0 Å². The Balaban J connectivity index is 2.33. The van der Waals surface area contributed by atoms with Crippen LogP contribution in [0.2, 0.25) is 0 Å². The third-order valence-corrected chi connectivity index (χ3v) is 3.35. The van der Waals surface area contributed by atoms with Gasteiger partial charge in [-0.15, -0.1) is 0 Å². The van der Waals surface area contributed by atoms with Crippen molar-refractivity contribution in [2.75, 3.05) is 37.8 Å². The summed E-state index contributed by atoms with van der Waals surface area (Å²) in [6.07, 6.45) is 0.0612. The molecule has 1 aliphatic rings. The summed E-state index contributed by atoms with van der Waals surface area (Å²) in [7, 11) is 3.83. The number of aliphatic hydroxyl groups excluding tert-OH is 1. The van der Waals surface area contributed by atoms with Gasteiger partial charge >= 0.3 is 0 Å². The summed E-state index contributed by atoms with van der Waals surface area (Å²) >= 11 is 0. The van der Waals surface area contributed by atoms with E-state index in [2.05, 4.69) is 0 Å². The standard InChI is InChI=1S/C13H19F2N3O/c1-17(2)6-9-5-10(19)7-18(9)12-4-8(14)3-11(15)13(12)16/h3-4,9-10,19H,5-7,16H2,1-2H3. The fourth-order valence-corrected chi connectivity index (χ4v) is 2.59. The number of β-amino-alcohol motifs (C(OH)–C–C–N with tert-alkyl or cyclic N) is 1. The number of halogens is 2. The first-order chi connectivity index (χ1) is 8.88. The highest BCUT2D eigenvalue weighted by molar-refractivity contribution is 5.69. The van der Waals surface area contributed by atoms with E-state index in [0.29, 0.717) is 25.2 Å². The Bertz CT molecular complexity index is 467. The number of anilines is 2. The number of nitrogen functional groups attached to an aromatic ring is 1. The van der Waals surface area contributed by atoms with Gasteiger partial charge in [-0.25, -0.2) is 8.78 Å². The SMILES string of the molecule is CN(C)CC1CC(O)CN1c1cc(F)cc(F)c1N. The first-order valence-electron chi connectivity index (χ1n) is 6.22. The molecule has 1 aromatic rings. The van der Waals surface area contributed by atoms with Crippen molar-refractivity contribution in [2.45, 2.75) is 18.6 Å². The van der Waals surface area contributed by atoms with Crippen molar-refractivity contribution in [2.24, 2.45) is 0 Å². The Morgan fingerprint density at radius 1 is 1.42 bits per heavy atom. The summed E-state index contributed by atoms with van der Waals surface area (Å²) in [5, 5.41) is 9.79. The predicted molar refractivity (Wildman–Crippen MR) is 71.1 cm³/mol. The largest absolute Gasteiger partial charge is 0.395 e. The monoisotopic (exact) mass is 271 g/mol. The van der Waals surface area contributed by atoms with E-state index < -0.39 is 17.7 Å². The second-order valence-electron chi connectivity index (χ2n) is 5.28. The van der Waals surface area contributed by atoms with Gasteiger partial charge in [-0.2, -0.15) is 0 Å². The third-order valence-electron chi connectivity index (χ3n) is 3.35. The zero-order valence-corrected chi connectivity index (χ0v) is 11.1. The van der Waals surface area contributed by atoms with Crippen LogP contribution in [0.1, 0.15) is 6.42 Å². The molecule has 0 saturated carbocycles. The molecule has 0 spiro atoms. The number of aliphatic hydroxyl groups is 1. The molecule has 1 saturated heterocycles. The number of hydrogen-bond acceptors (Lipinski definition) is 4. The summed E-state index contributed by atoms with van der Waals surface area (Å²) in [5.41, 5.74) is 5.94. The van der Waals surface area contributed by atoms with Gasteiger partial charge in [-0.3, -0.25) is 0 Å². The minimum Gasteiger partial charge on any atom is -0.395 e. The van der Waals surface area contributed by atoms with Crippen molar-refractivity contribution in [1.29, 1.82) is 0 Å². The van der Waals surface area contributed by atoms with Gasteiger partial charge in [0.05, 0.1) is 17.5 Å². The summed E-state index contributed by atoms with van der Waals surface area (Å²) < 4.78 is 26.9. The van der Waals surface area contributed by atoms with Crippen molar-refractivity contribution in [1.82, 2.24) is 4.90 Å². The average molecular weight is 271 g/mol. The lowest BCUT2D eigenvalue weighted by atomic mass is 10.1. The van der Waals surface area contributed by atoms with Gasteiger partial charge in [0.15, 0.2) is 5.82 Å². The quantitative estimate of drug-likeness (QED) is 0.807. The zero-order chi connectivity index (χ0) is 14.2. The fraction of sp³-hybridized carbons (Fsp3) is 0.538. The highest BCUT2D eigenvalue weighted by Crippen LogP contribution is 2.33. The maximum Gasteiger partial charge on any atom is 0.151 e. The van der Waals surface area contributed by atoms with Crippen LogP contribution in [-0.4, -0.2) is 49.3 Å². The van der Waals surface area contributed by atoms with E-state index in [1.807, 2.05) is 19.0 Å². The van der Waals surface area contributed by atoms with Gasteiger partial charge in [0.1, 0.15) is 5.82 Å². The Morgan fingerprint density at radius 3 is 2.74 bits per heavy atom.